The van der Waals surface area contributed by atoms with Crippen molar-refractivity contribution in [2.45, 2.75) is 0 Å². The van der Waals surface area contributed by atoms with Crippen molar-refractivity contribution in [1.82, 2.24) is 0 Å². The highest BCUT2D eigenvalue weighted by molar-refractivity contribution is 9.10. The van der Waals surface area contributed by atoms with Crippen molar-refractivity contribution in [1.29, 1.82) is 0 Å². The number of hydrogen-bond donors (Lipinski definition) is 0. The van der Waals surface area contributed by atoms with E-state index in [9.17, 15) is 4.79 Å². The molecule has 0 saturated heterocycles. The summed E-state index contributed by atoms with van der Waals surface area (Å²) in [6.07, 6.45) is 6.77. The average molecular weight is 313 g/mol. The molecule has 0 N–H and O–H groups in total. The van der Waals surface area contributed by atoms with E-state index in [0.29, 0.717) is 0 Å². The molecule has 2 heteroatoms. The number of hydrogen-bond acceptors (Lipinski definition) is 1. The Kier molecular flexibility index (Phi) is 4.87. The molecule has 0 aliphatic rings. The number of allylic oxidation sites excluding steroid dienone is 2. The van der Waals surface area contributed by atoms with E-state index in [-0.39, 0.29) is 5.78 Å². The highest BCUT2D eigenvalue weighted by Crippen LogP contribution is 2.11. The van der Waals surface area contributed by atoms with Gasteiger partial charge in [0.15, 0.2) is 5.78 Å². The van der Waals surface area contributed by atoms with Crippen LogP contribution in [0.3, 0.4) is 0 Å². The first-order valence-corrected chi connectivity index (χ1v) is 6.74. The van der Waals surface area contributed by atoms with E-state index in [1.807, 2.05) is 66.7 Å². The Hall–Kier alpha value is -1.93. The van der Waals surface area contributed by atoms with E-state index in [0.717, 1.165) is 15.6 Å². The number of benzene rings is 2. The number of ketones is 1. The van der Waals surface area contributed by atoms with Gasteiger partial charge in [0, 0.05) is 4.47 Å². The fourth-order valence-corrected chi connectivity index (χ4v) is 1.81. The summed E-state index contributed by atoms with van der Waals surface area (Å²) in [5, 5.41) is 0. The maximum absolute atomic E-state index is 11.7. The van der Waals surface area contributed by atoms with Crippen LogP contribution in [-0.4, -0.2) is 5.78 Å². The third-order valence-electron chi connectivity index (χ3n) is 2.55. The molecule has 94 valence electrons. The van der Waals surface area contributed by atoms with Gasteiger partial charge in [-0.3, -0.25) is 4.79 Å². The van der Waals surface area contributed by atoms with Crippen LogP contribution in [0.4, 0.5) is 0 Å². The van der Waals surface area contributed by atoms with Crippen molar-refractivity contribution in [3.05, 3.63) is 82.3 Å². The van der Waals surface area contributed by atoms with Gasteiger partial charge >= 0.3 is 0 Å². The second-order valence-electron chi connectivity index (χ2n) is 4.03. The first-order chi connectivity index (χ1) is 9.24. The number of rotatable bonds is 4. The highest BCUT2D eigenvalue weighted by Gasteiger charge is 1.91. The number of carbonyl (C=O) groups is 1. The van der Waals surface area contributed by atoms with Crippen LogP contribution >= 0.6 is 15.9 Å². The van der Waals surface area contributed by atoms with Crippen LogP contribution in [0.1, 0.15) is 11.1 Å². The zero-order valence-electron chi connectivity index (χ0n) is 10.3. The molecule has 0 unspecified atom stereocenters. The molecule has 0 amide bonds. The van der Waals surface area contributed by atoms with Crippen LogP contribution in [0.2, 0.25) is 0 Å². The molecule has 0 atom stereocenters. The van der Waals surface area contributed by atoms with Crippen LogP contribution in [0, 0.1) is 0 Å². The van der Waals surface area contributed by atoms with E-state index < -0.39 is 0 Å². The van der Waals surface area contributed by atoms with Crippen LogP contribution in [0.15, 0.2) is 71.2 Å². The molecule has 0 aliphatic heterocycles. The van der Waals surface area contributed by atoms with Crippen molar-refractivity contribution in [2.75, 3.05) is 0 Å². The summed E-state index contributed by atoms with van der Waals surface area (Å²) < 4.78 is 1.03. The maximum Gasteiger partial charge on any atom is 0.178 e. The monoisotopic (exact) mass is 312 g/mol. The van der Waals surface area contributed by atoms with Crippen LogP contribution in [-0.2, 0) is 4.79 Å². The molecule has 2 rings (SSSR count). The number of carbonyl (C=O) groups excluding carboxylic acids is 1. The van der Waals surface area contributed by atoms with Crippen molar-refractivity contribution >= 4 is 33.9 Å². The molecule has 0 radical (unpaired) electrons. The van der Waals surface area contributed by atoms with Crippen LogP contribution in [0.5, 0.6) is 0 Å². The zero-order chi connectivity index (χ0) is 13.5. The fourth-order valence-electron chi connectivity index (χ4n) is 1.55. The van der Waals surface area contributed by atoms with Crippen LogP contribution in [0.25, 0.3) is 12.2 Å². The molecule has 0 aliphatic carbocycles. The van der Waals surface area contributed by atoms with Gasteiger partial charge in [0.2, 0.25) is 0 Å². The van der Waals surface area contributed by atoms with E-state index in [1.54, 1.807) is 12.2 Å². The Morgan fingerprint density at radius 2 is 1.32 bits per heavy atom. The molecule has 0 heterocycles. The predicted octanol–water partition coefficient (Wildman–Crippen LogP) is 4.74. The van der Waals surface area contributed by atoms with Gasteiger partial charge in [-0.1, -0.05) is 70.5 Å². The maximum atomic E-state index is 11.7. The van der Waals surface area contributed by atoms with Gasteiger partial charge in [-0.25, -0.2) is 0 Å². The predicted molar refractivity (Wildman–Crippen MR) is 83.7 cm³/mol. The lowest BCUT2D eigenvalue weighted by molar-refractivity contribution is -0.110. The smallest absolute Gasteiger partial charge is 0.178 e. The highest BCUT2D eigenvalue weighted by atomic mass is 79.9. The minimum Gasteiger partial charge on any atom is -0.290 e. The first kappa shape index (κ1) is 13.5. The van der Waals surface area contributed by atoms with Crippen molar-refractivity contribution in [3.8, 4) is 0 Å². The van der Waals surface area contributed by atoms with Crippen molar-refractivity contribution in [2.24, 2.45) is 0 Å². The third kappa shape index (κ3) is 4.68. The second kappa shape index (κ2) is 6.86. The topological polar surface area (TPSA) is 17.1 Å². The van der Waals surface area contributed by atoms with Gasteiger partial charge in [-0.15, -0.1) is 0 Å². The molecule has 0 saturated carbocycles. The van der Waals surface area contributed by atoms with E-state index in [1.165, 1.54) is 0 Å². The van der Waals surface area contributed by atoms with Crippen molar-refractivity contribution in [3.63, 3.8) is 0 Å². The van der Waals surface area contributed by atoms with Gasteiger partial charge in [-0.2, -0.15) is 0 Å². The molecule has 0 aromatic heterocycles. The fraction of sp³-hybridized carbons (Fsp3) is 0. The lowest BCUT2D eigenvalue weighted by atomic mass is 10.1. The summed E-state index contributed by atoms with van der Waals surface area (Å²) in [5.41, 5.74) is 2.03. The van der Waals surface area contributed by atoms with Crippen LogP contribution < -0.4 is 0 Å². The molecular weight excluding hydrogens is 300 g/mol. The molecule has 0 spiro atoms. The standard InChI is InChI=1S/C17H13BrO/c18-16-10-6-15(7-11-16)9-13-17(19)12-8-14-4-2-1-3-5-14/h1-13H/b12-8+,13-9+. The molecule has 2 aromatic rings. The Morgan fingerprint density at radius 3 is 1.89 bits per heavy atom. The summed E-state index contributed by atoms with van der Waals surface area (Å²) in [5.74, 6) is -0.0215. The number of halogens is 1. The van der Waals surface area contributed by atoms with Gasteiger partial charge in [0.1, 0.15) is 0 Å². The quantitative estimate of drug-likeness (QED) is 0.745. The van der Waals surface area contributed by atoms with Gasteiger partial charge in [0.25, 0.3) is 0 Å². The molecule has 19 heavy (non-hydrogen) atoms. The Bertz CT molecular complexity index is 595. The van der Waals surface area contributed by atoms with E-state index in [4.69, 9.17) is 0 Å². The molecule has 0 bridgehead atoms. The molecule has 2 aromatic carbocycles. The lowest BCUT2D eigenvalue weighted by Gasteiger charge is -1.93. The summed E-state index contributed by atoms with van der Waals surface area (Å²) in [6.45, 7) is 0. The van der Waals surface area contributed by atoms with Gasteiger partial charge < -0.3 is 0 Å². The van der Waals surface area contributed by atoms with E-state index >= 15 is 0 Å². The minimum absolute atomic E-state index is 0.0215. The van der Waals surface area contributed by atoms with Crippen molar-refractivity contribution < 1.29 is 4.79 Å². The lowest BCUT2D eigenvalue weighted by Crippen LogP contribution is -1.84. The van der Waals surface area contributed by atoms with E-state index in [2.05, 4.69) is 15.9 Å². The summed E-state index contributed by atoms with van der Waals surface area (Å²) in [7, 11) is 0. The Labute approximate surface area is 121 Å². The Balaban J connectivity index is 1.98. The largest absolute Gasteiger partial charge is 0.290 e. The van der Waals surface area contributed by atoms with Gasteiger partial charge in [0.05, 0.1) is 0 Å². The minimum atomic E-state index is -0.0215. The average Bonchev–Trinajstić information content (AvgIpc) is 2.45. The third-order valence-corrected chi connectivity index (χ3v) is 3.08. The normalized spacial score (nSPS) is 11.2. The Morgan fingerprint density at radius 1 is 0.789 bits per heavy atom. The SMILES string of the molecule is O=C(/C=C/c1ccccc1)/C=C/c1ccc(Br)cc1. The molecule has 0 fully saturated rings. The summed E-state index contributed by atoms with van der Waals surface area (Å²) in [6, 6.07) is 17.6. The zero-order valence-corrected chi connectivity index (χ0v) is 11.9. The summed E-state index contributed by atoms with van der Waals surface area (Å²) >= 11 is 3.37. The van der Waals surface area contributed by atoms with Gasteiger partial charge in [-0.05, 0) is 35.4 Å². The second-order valence-corrected chi connectivity index (χ2v) is 4.95. The molecular formula is C17H13BrO. The molecule has 1 nitrogen and oxygen atoms in total. The summed E-state index contributed by atoms with van der Waals surface area (Å²) in [4.78, 5) is 11.7. The first-order valence-electron chi connectivity index (χ1n) is 5.95.